The number of aliphatic imine (C=N–C) groups is 1. The predicted octanol–water partition coefficient (Wildman–Crippen LogP) is 3.34. The fourth-order valence-corrected chi connectivity index (χ4v) is 1.41. The lowest BCUT2D eigenvalue weighted by Gasteiger charge is -2.01. The molecule has 0 unspecified atom stereocenters. The van der Waals surface area contributed by atoms with Gasteiger partial charge in [-0.1, -0.05) is 25.6 Å². The summed E-state index contributed by atoms with van der Waals surface area (Å²) in [5.74, 6) is 0. The summed E-state index contributed by atoms with van der Waals surface area (Å²) in [7, 11) is 0. The number of H-pyrrole nitrogens is 1. The van der Waals surface area contributed by atoms with Crippen LogP contribution in [0.5, 0.6) is 0 Å². The smallest absolute Gasteiger partial charge is 0.0924 e. The fourth-order valence-electron chi connectivity index (χ4n) is 1.41. The molecule has 0 aliphatic rings. The van der Waals surface area contributed by atoms with E-state index >= 15 is 0 Å². The molecule has 0 atom stereocenters. The first-order valence-electron chi connectivity index (χ1n) is 5.34. The number of aromatic amines is 1. The maximum atomic E-state index is 4.09. The van der Waals surface area contributed by atoms with Crippen LogP contribution in [0.3, 0.4) is 0 Å². The van der Waals surface area contributed by atoms with Crippen molar-refractivity contribution < 1.29 is 0 Å². The van der Waals surface area contributed by atoms with Gasteiger partial charge in [0.05, 0.1) is 31.1 Å². The van der Waals surface area contributed by atoms with Gasteiger partial charge in [-0.2, -0.15) is 0 Å². The molecule has 0 aliphatic heterocycles. The van der Waals surface area contributed by atoms with Crippen LogP contribution in [0.1, 0.15) is 7.43 Å². The van der Waals surface area contributed by atoms with E-state index in [4.69, 9.17) is 0 Å². The molecule has 1 aromatic carbocycles. The van der Waals surface area contributed by atoms with E-state index < -0.39 is 0 Å². The molecular formula is C14H18N4. The van der Waals surface area contributed by atoms with Crippen molar-refractivity contribution in [1.82, 2.24) is 9.97 Å². The first-order chi connectivity index (χ1) is 8.40. The highest BCUT2D eigenvalue weighted by atomic mass is 14.9. The molecule has 0 radical (unpaired) electrons. The first-order valence-corrected chi connectivity index (χ1v) is 5.34. The minimum absolute atomic E-state index is 0. The molecule has 0 saturated heterocycles. The van der Waals surface area contributed by atoms with Crippen molar-refractivity contribution in [3.05, 3.63) is 49.4 Å². The Labute approximate surface area is 108 Å². The van der Waals surface area contributed by atoms with Crippen LogP contribution in [0, 0.1) is 0 Å². The van der Waals surface area contributed by atoms with Crippen molar-refractivity contribution in [2.24, 2.45) is 4.99 Å². The van der Waals surface area contributed by atoms with Crippen LogP contribution in [0.4, 0.5) is 5.69 Å². The summed E-state index contributed by atoms with van der Waals surface area (Å²) in [5.41, 5.74) is 3.12. The van der Waals surface area contributed by atoms with Crippen LogP contribution in [0.15, 0.2) is 54.4 Å². The Morgan fingerprint density at radius 1 is 1.33 bits per heavy atom. The van der Waals surface area contributed by atoms with Gasteiger partial charge in [-0.25, -0.2) is 4.98 Å². The zero-order chi connectivity index (χ0) is 11.9. The molecule has 2 N–H and O–H groups in total. The van der Waals surface area contributed by atoms with Gasteiger partial charge in [0.15, 0.2) is 0 Å². The van der Waals surface area contributed by atoms with Gasteiger partial charge in [0, 0.05) is 5.69 Å². The van der Waals surface area contributed by atoms with E-state index in [-0.39, 0.29) is 7.43 Å². The molecule has 2 rings (SSSR count). The first kappa shape index (κ1) is 13.7. The molecule has 4 nitrogen and oxygen atoms in total. The number of nitrogens with zero attached hydrogens (tertiary/aromatic N) is 2. The average molecular weight is 242 g/mol. The van der Waals surface area contributed by atoms with Gasteiger partial charge in [0.2, 0.25) is 0 Å². The van der Waals surface area contributed by atoms with Gasteiger partial charge < -0.3 is 10.3 Å². The van der Waals surface area contributed by atoms with E-state index in [0.717, 1.165) is 16.9 Å². The highest BCUT2D eigenvalue weighted by Gasteiger charge is 1.97. The van der Waals surface area contributed by atoms with E-state index in [2.05, 4.69) is 26.9 Å². The fraction of sp³-hybridized carbons (Fsp3) is 0.143. The largest absolute Gasteiger partial charge is 0.347 e. The van der Waals surface area contributed by atoms with Gasteiger partial charge in [0.1, 0.15) is 0 Å². The van der Waals surface area contributed by atoms with Crippen LogP contribution < -0.4 is 5.32 Å². The molecule has 4 heteroatoms. The van der Waals surface area contributed by atoms with E-state index in [1.165, 1.54) is 0 Å². The lowest BCUT2D eigenvalue weighted by molar-refractivity contribution is 1.26. The third kappa shape index (κ3) is 3.59. The molecular weight excluding hydrogens is 224 g/mol. The van der Waals surface area contributed by atoms with E-state index in [0.29, 0.717) is 6.54 Å². The summed E-state index contributed by atoms with van der Waals surface area (Å²) in [6.45, 7) is 4.22. The van der Waals surface area contributed by atoms with Gasteiger partial charge in [-0.15, -0.1) is 6.58 Å². The number of anilines is 1. The normalized spacial score (nSPS) is 10.0. The van der Waals surface area contributed by atoms with Crippen molar-refractivity contribution in [1.29, 1.82) is 0 Å². The third-order valence-corrected chi connectivity index (χ3v) is 2.25. The molecule has 0 saturated carbocycles. The highest BCUT2D eigenvalue weighted by molar-refractivity contribution is 5.76. The van der Waals surface area contributed by atoms with Crippen LogP contribution in [0.25, 0.3) is 11.3 Å². The standard InChI is InChI=1S/C13H14N4.CH4/c1-2-7-14-9-16-12-5-3-11(4-6-12)13-8-15-10-17-13;/h2-6,8-10H,1,7H2,(H,14,16)(H,15,17);1H4. The zero-order valence-electron chi connectivity index (χ0n) is 9.43. The van der Waals surface area contributed by atoms with Gasteiger partial charge >= 0.3 is 0 Å². The Hall–Kier alpha value is -2.36. The highest BCUT2D eigenvalue weighted by Crippen LogP contribution is 2.18. The Balaban J connectivity index is 0.00000162. The minimum atomic E-state index is 0. The second kappa shape index (κ2) is 7.06. The summed E-state index contributed by atoms with van der Waals surface area (Å²) < 4.78 is 0. The van der Waals surface area contributed by atoms with Crippen molar-refractivity contribution in [2.45, 2.75) is 7.43 Å². The van der Waals surface area contributed by atoms with Crippen molar-refractivity contribution in [2.75, 3.05) is 11.9 Å². The summed E-state index contributed by atoms with van der Waals surface area (Å²) in [6, 6.07) is 8.04. The lowest BCUT2D eigenvalue weighted by Crippen LogP contribution is -1.94. The molecule has 0 aliphatic carbocycles. The molecule has 1 heterocycles. The van der Waals surface area contributed by atoms with Crippen LogP contribution in [-0.2, 0) is 0 Å². The molecule has 1 aromatic heterocycles. The van der Waals surface area contributed by atoms with Crippen molar-refractivity contribution >= 4 is 12.0 Å². The quantitative estimate of drug-likeness (QED) is 0.480. The van der Waals surface area contributed by atoms with Crippen molar-refractivity contribution in [3.8, 4) is 11.3 Å². The maximum Gasteiger partial charge on any atom is 0.0924 e. The third-order valence-electron chi connectivity index (χ3n) is 2.25. The van der Waals surface area contributed by atoms with Crippen LogP contribution in [-0.4, -0.2) is 22.9 Å². The Morgan fingerprint density at radius 2 is 2.11 bits per heavy atom. The molecule has 0 bridgehead atoms. The Kier molecular flexibility index (Phi) is 5.38. The average Bonchev–Trinajstić information content (AvgIpc) is 2.89. The number of aromatic nitrogens is 2. The van der Waals surface area contributed by atoms with Crippen LogP contribution >= 0.6 is 0 Å². The number of hydrogen-bond acceptors (Lipinski definition) is 2. The number of rotatable bonds is 5. The lowest BCUT2D eigenvalue weighted by atomic mass is 10.1. The zero-order valence-corrected chi connectivity index (χ0v) is 9.43. The van der Waals surface area contributed by atoms with Crippen molar-refractivity contribution in [3.63, 3.8) is 0 Å². The topological polar surface area (TPSA) is 53.1 Å². The maximum absolute atomic E-state index is 4.09. The van der Waals surface area contributed by atoms with E-state index in [9.17, 15) is 0 Å². The number of imidazole rings is 1. The molecule has 18 heavy (non-hydrogen) atoms. The monoisotopic (exact) mass is 242 g/mol. The SMILES string of the molecule is C.C=CCN=CNc1ccc(-c2cnc[nH]2)cc1. The predicted molar refractivity (Wildman–Crippen MR) is 77.9 cm³/mol. The minimum Gasteiger partial charge on any atom is -0.347 e. The van der Waals surface area contributed by atoms with E-state index in [1.54, 1.807) is 24.9 Å². The Bertz CT molecular complexity index is 483. The summed E-state index contributed by atoms with van der Waals surface area (Å²) >= 11 is 0. The summed E-state index contributed by atoms with van der Waals surface area (Å²) in [4.78, 5) is 11.1. The number of nitrogens with one attached hydrogen (secondary N) is 2. The molecule has 0 fully saturated rings. The number of hydrogen-bond donors (Lipinski definition) is 2. The summed E-state index contributed by atoms with van der Waals surface area (Å²) in [6.07, 6.45) is 6.89. The van der Waals surface area contributed by atoms with Gasteiger partial charge in [0.25, 0.3) is 0 Å². The molecule has 94 valence electrons. The van der Waals surface area contributed by atoms with Gasteiger partial charge in [-0.3, -0.25) is 4.99 Å². The van der Waals surface area contributed by atoms with E-state index in [1.807, 2.05) is 24.3 Å². The molecule has 0 spiro atoms. The van der Waals surface area contributed by atoms with Gasteiger partial charge in [-0.05, 0) is 17.7 Å². The number of benzene rings is 1. The molecule has 2 aromatic rings. The summed E-state index contributed by atoms with van der Waals surface area (Å²) in [5, 5.41) is 3.09. The molecule has 0 amide bonds. The Morgan fingerprint density at radius 3 is 2.72 bits per heavy atom. The second-order valence-corrected chi connectivity index (χ2v) is 3.47. The second-order valence-electron chi connectivity index (χ2n) is 3.47. The van der Waals surface area contributed by atoms with Crippen LogP contribution in [0.2, 0.25) is 0 Å².